The second kappa shape index (κ2) is 5.64. The first-order valence-corrected chi connectivity index (χ1v) is 8.88. The lowest BCUT2D eigenvalue weighted by atomic mass is 9.95. The molecule has 0 aliphatic heterocycles. The van der Waals surface area contributed by atoms with Crippen molar-refractivity contribution in [3.63, 3.8) is 0 Å². The molecule has 0 unspecified atom stereocenters. The molecule has 116 valence electrons. The van der Waals surface area contributed by atoms with E-state index in [-0.39, 0.29) is 5.91 Å². The fourth-order valence-electron chi connectivity index (χ4n) is 3.68. The minimum atomic E-state index is 0.0959. The second-order valence-corrected chi connectivity index (χ2v) is 7.16. The zero-order chi connectivity index (χ0) is 16.0. The molecule has 1 aromatic heterocycles. The number of benzene rings is 2. The van der Waals surface area contributed by atoms with E-state index in [0.29, 0.717) is 0 Å². The normalized spacial score (nSPS) is 14.0. The van der Waals surface area contributed by atoms with Gasteiger partial charge in [0.1, 0.15) is 0 Å². The standard InChI is InChI=1S/C20H18BrNO/c1-13-6-2-3-7-15(13)20(23)22-18-9-5-4-8-16(18)17-12-14(21)10-11-19(17)22/h2-3,6-7,10-12H,4-5,8-9H2,1H3. The van der Waals surface area contributed by atoms with E-state index in [1.165, 1.54) is 23.1 Å². The maximum atomic E-state index is 13.3. The largest absolute Gasteiger partial charge is 0.280 e. The van der Waals surface area contributed by atoms with E-state index >= 15 is 0 Å². The molecule has 0 N–H and O–H groups in total. The summed E-state index contributed by atoms with van der Waals surface area (Å²) in [5.41, 5.74) is 5.42. The van der Waals surface area contributed by atoms with Crippen molar-refractivity contribution in [3.8, 4) is 0 Å². The Hall–Kier alpha value is -1.87. The number of carbonyl (C=O) groups excluding carboxylic acids is 1. The summed E-state index contributed by atoms with van der Waals surface area (Å²) in [5, 5.41) is 1.22. The molecule has 2 nitrogen and oxygen atoms in total. The van der Waals surface area contributed by atoms with E-state index in [4.69, 9.17) is 0 Å². The Labute approximate surface area is 144 Å². The molecule has 1 aliphatic carbocycles. The molecule has 0 bridgehead atoms. The van der Waals surface area contributed by atoms with Crippen LogP contribution in [0.4, 0.5) is 0 Å². The van der Waals surface area contributed by atoms with Crippen molar-refractivity contribution >= 4 is 32.7 Å². The van der Waals surface area contributed by atoms with Crippen LogP contribution in [0.25, 0.3) is 10.9 Å². The highest BCUT2D eigenvalue weighted by Gasteiger charge is 2.24. The predicted octanol–water partition coefficient (Wildman–Crippen LogP) is 5.28. The van der Waals surface area contributed by atoms with Crippen molar-refractivity contribution < 1.29 is 4.79 Å². The molecule has 0 atom stereocenters. The molecule has 0 radical (unpaired) electrons. The number of aromatic nitrogens is 1. The Bertz CT molecular complexity index is 923. The molecule has 1 aliphatic rings. The lowest BCUT2D eigenvalue weighted by Crippen LogP contribution is -2.18. The van der Waals surface area contributed by atoms with Crippen LogP contribution >= 0.6 is 15.9 Å². The van der Waals surface area contributed by atoms with Crippen LogP contribution in [0.1, 0.15) is 40.0 Å². The molecule has 23 heavy (non-hydrogen) atoms. The van der Waals surface area contributed by atoms with E-state index < -0.39 is 0 Å². The molecule has 2 aromatic carbocycles. The van der Waals surface area contributed by atoms with Gasteiger partial charge in [0.2, 0.25) is 0 Å². The summed E-state index contributed by atoms with van der Waals surface area (Å²) < 4.78 is 3.03. The average Bonchev–Trinajstić information content (AvgIpc) is 2.88. The van der Waals surface area contributed by atoms with Crippen molar-refractivity contribution in [1.82, 2.24) is 4.57 Å². The molecule has 4 rings (SSSR count). The molecule has 0 saturated heterocycles. The predicted molar refractivity (Wildman–Crippen MR) is 97.2 cm³/mol. The Morgan fingerprint density at radius 1 is 1.09 bits per heavy atom. The number of aryl methyl sites for hydroxylation is 2. The van der Waals surface area contributed by atoms with E-state index in [9.17, 15) is 4.79 Å². The number of halogens is 1. The average molecular weight is 368 g/mol. The molecule has 3 heteroatoms. The third-order valence-electron chi connectivity index (χ3n) is 4.81. The van der Waals surface area contributed by atoms with Crippen molar-refractivity contribution in [2.45, 2.75) is 32.6 Å². The van der Waals surface area contributed by atoms with Gasteiger partial charge in [-0.25, -0.2) is 0 Å². The van der Waals surface area contributed by atoms with Crippen LogP contribution in [-0.2, 0) is 12.8 Å². The topological polar surface area (TPSA) is 22.0 Å². The van der Waals surface area contributed by atoms with E-state index in [0.717, 1.165) is 40.4 Å². The summed E-state index contributed by atoms with van der Waals surface area (Å²) in [6, 6.07) is 14.1. The summed E-state index contributed by atoms with van der Waals surface area (Å²) >= 11 is 3.57. The Morgan fingerprint density at radius 2 is 1.87 bits per heavy atom. The van der Waals surface area contributed by atoms with Gasteiger partial charge in [0.25, 0.3) is 5.91 Å². The van der Waals surface area contributed by atoms with Gasteiger partial charge in [-0.2, -0.15) is 0 Å². The van der Waals surface area contributed by atoms with E-state index in [1.807, 2.05) is 41.8 Å². The number of fused-ring (bicyclic) bond motifs is 3. The quantitative estimate of drug-likeness (QED) is 0.573. The summed E-state index contributed by atoms with van der Waals surface area (Å²) in [6.07, 6.45) is 4.41. The first-order valence-electron chi connectivity index (χ1n) is 8.09. The van der Waals surface area contributed by atoms with Gasteiger partial charge in [-0.3, -0.25) is 9.36 Å². The minimum Gasteiger partial charge on any atom is -0.280 e. The highest BCUT2D eigenvalue weighted by Crippen LogP contribution is 2.34. The molecule has 0 fully saturated rings. The van der Waals surface area contributed by atoms with Gasteiger partial charge < -0.3 is 0 Å². The highest BCUT2D eigenvalue weighted by atomic mass is 79.9. The minimum absolute atomic E-state index is 0.0959. The summed E-state index contributed by atoms with van der Waals surface area (Å²) in [4.78, 5) is 13.3. The zero-order valence-corrected chi connectivity index (χ0v) is 14.7. The fraction of sp³-hybridized carbons (Fsp3) is 0.250. The van der Waals surface area contributed by atoms with Gasteiger partial charge in [0.05, 0.1) is 5.52 Å². The van der Waals surface area contributed by atoms with Crippen molar-refractivity contribution in [2.75, 3.05) is 0 Å². The summed E-state index contributed by atoms with van der Waals surface area (Å²) in [7, 11) is 0. The smallest absolute Gasteiger partial charge is 0.262 e. The molecule has 0 amide bonds. The number of carbonyl (C=O) groups is 1. The lowest BCUT2D eigenvalue weighted by Gasteiger charge is -2.15. The maximum absolute atomic E-state index is 13.3. The van der Waals surface area contributed by atoms with Crippen LogP contribution in [0.5, 0.6) is 0 Å². The second-order valence-electron chi connectivity index (χ2n) is 6.25. The number of hydrogen-bond acceptors (Lipinski definition) is 1. The fourth-order valence-corrected chi connectivity index (χ4v) is 4.04. The molecule has 3 aromatic rings. The van der Waals surface area contributed by atoms with Gasteiger partial charge in [0, 0.05) is 21.1 Å². The Morgan fingerprint density at radius 3 is 2.70 bits per heavy atom. The highest BCUT2D eigenvalue weighted by molar-refractivity contribution is 9.10. The molecular formula is C20H18BrNO. The van der Waals surface area contributed by atoms with Crippen LogP contribution in [0, 0.1) is 6.92 Å². The van der Waals surface area contributed by atoms with Crippen molar-refractivity contribution in [1.29, 1.82) is 0 Å². The monoisotopic (exact) mass is 367 g/mol. The molecule has 0 saturated carbocycles. The lowest BCUT2D eigenvalue weighted by molar-refractivity contribution is 0.0961. The van der Waals surface area contributed by atoms with E-state index in [1.54, 1.807) is 0 Å². The number of hydrogen-bond donors (Lipinski definition) is 0. The SMILES string of the molecule is Cc1ccccc1C(=O)n1c2c(c3cc(Br)ccc31)CCCC2. The zero-order valence-electron chi connectivity index (χ0n) is 13.1. The first-order chi connectivity index (χ1) is 11.2. The molecule has 1 heterocycles. The van der Waals surface area contributed by atoms with Crippen LogP contribution in [0.3, 0.4) is 0 Å². The summed E-state index contributed by atoms with van der Waals surface area (Å²) in [6.45, 7) is 2.00. The van der Waals surface area contributed by atoms with Gasteiger partial charge in [-0.05, 0) is 68.0 Å². The van der Waals surface area contributed by atoms with Crippen LogP contribution in [0.15, 0.2) is 46.9 Å². The van der Waals surface area contributed by atoms with Crippen molar-refractivity contribution in [3.05, 3.63) is 69.3 Å². The van der Waals surface area contributed by atoms with Crippen molar-refractivity contribution in [2.24, 2.45) is 0 Å². The van der Waals surface area contributed by atoms with Crippen LogP contribution in [-0.4, -0.2) is 10.5 Å². The maximum Gasteiger partial charge on any atom is 0.262 e. The van der Waals surface area contributed by atoms with Crippen LogP contribution < -0.4 is 0 Å². The number of rotatable bonds is 1. The number of nitrogens with zero attached hydrogens (tertiary/aromatic N) is 1. The van der Waals surface area contributed by atoms with Gasteiger partial charge in [-0.1, -0.05) is 34.1 Å². The third kappa shape index (κ3) is 2.34. The van der Waals surface area contributed by atoms with E-state index in [2.05, 4.69) is 28.1 Å². The third-order valence-corrected chi connectivity index (χ3v) is 5.31. The molecular weight excluding hydrogens is 350 g/mol. The van der Waals surface area contributed by atoms with Crippen LogP contribution in [0.2, 0.25) is 0 Å². The van der Waals surface area contributed by atoms with Gasteiger partial charge >= 0.3 is 0 Å². The van der Waals surface area contributed by atoms with Gasteiger partial charge in [-0.15, -0.1) is 0 Å². The summed E-state index contributed by atoms with van der Waals surface area (Å²) in [5.74, 6) is 0.0959. The first kappa shape index (κ1) is 14.7. The van der Waals surface area contributed by atoms with Gasteiger partial charge in [0.15, 0.2) is 0 Å². The Kier molecular flexibility index (Phi) is 3.61. The Balaban J connectivity index is 2.00. The molecule has 0 spiro atoms.